The van der Waals surface area contributed by atoms with Crippen molar-refractivity contribution in [2.45, 2.75) is 39.5 Å². The van der Waals surface area contributed by atoms with E-state index in [0.29, 0.717) is 17.5 Å². The second-order valence-electron chi connectivity index (χ2n) is 5.77. The van der Waals surface area contributed by atoms with E-state index in [4.69, 9.17) is 9.47 Å². The standard InChI is InChI=1S/C19H25N3O3S/c1-4-5-6-7-12-25-16-10-8-15(13-17(16)24-3)9-11-18(23)20-19-22-21-14(2)26-19/h8-11,13H,4-7,12H2,1-3H3,(H,20,22,23)/b11-9-. The SMILES string of the molecule is CCCCCCOc1ccc(/C=C\C(=O)Nc2nnc(C)s2)cc1OC. The molecule has 0 radical (unpaired) electrons. The van der Waals surface area contributed by atoms with Crippen LogP contribution < -0.4 is 14.8 Å². The van der Waals surface area contributed by atoms with Crippen molar-refractivity contribution in [2.75, 3.05) is 19.0 Å². The molecule has 0 aliphatic rings. The van der Waals surface area contributed by atoms with Crippen LogP contribution in [0.5, 0.6) is 11.5 Å². The zero-order chi connectivity index (χ0) is 18.8. The number of unbranched alkanes of at least 4 members (excludes halogenated alkanes) is 3. The molecule has 1 amide bonds. The quantitative estimate of drug-likeness (QED) is 0.490. The molecule has 0 spiro atoms. The second-order valence-corrected chi connectivity index (χ2v) is 6.95. The van der Waals surface area contributed by atoms with Gasteiger partial charge in [0.1, 0.15) is 5.01 Å². The lowest BCUT2D eigenvalue weighted by Crippen LogP contribution is -2.07. The lowest BCUT2D eigenvalue weighted by atomic mass is 10.2. The normalized spacial score (nSPS) is 10.9. The van der Waals surface area contributed by atoms with E-state index in [1.54, 1.807) is 13.2 Å². The van der Waals surface area contributed by atoms with Gasteiger partial charge in [-0.25, -0.2) is 0 Å². The van der Waals surface area contributed by atoms with Crippen molar-refractivity contribution in [1.29, 1.82) is 0 Å². The Balaban J connectivity index is 1.91. The molecular weight excluding hydrogens is 350 g/mol. The Hall–Kier alpha value is -2.41. The molecular formula is C19H25N3O3S. The Morgan fingerprint density at radius 1 is 1.23 bits per heavy atom. The predicted octanol–water partition coefficient (Wildman–Crippen LogP) is 4.47. The van der Waals surface area contributed by atoms with Crippen molar-refractivity contribution in [2.24, 2.45) is 0 Å². The van der Waals surface area contributed by atoms with Crippen LogP contribution in [0.2, 0.25) is 0 Å². The van der Waals surface area contributed by atoms with E-state index in [1.165, 1.54) is 36.7 Å². The number of amides is 1. The fourth-order valence-corrected chi connectivity index (χ4v) is 2.88. The molecule has 0 saturated heterocycles. The molecule has 1 N–H and O–H groups in total. The highest BCUT2D eigenvalue weighted by Crippen LogP contribution is 2.28. The Morgan fingerprint density at radius 2 is 2.08 bits per heavy atom. The number of hydrogen-bond acceptors (Lipinski definition) is 6. The van der Waals surface area contributed by atoms with Crippen LogP contribution in [0, 0.1) is 6.92 Å². The van der Waals surface area contributed by atoms with Crippen molar-refractivity contribution in [1.82, 2.24) is 10.2 Å². The van der Waals surface area contributed by atoms with Crippen LogP contribution in [-0.2, 0) is 4.79 Å². The van der Waals surface area contributed by atoms with Gasteiger partial charge >= 0.3 is 0 Å². The molecule has 2 rings (SSSR count). The maximum absolute atomic E-state index is 11.9. The van der Waals surface area contributed by atoms with E-state index in [2.05, 4.69) is 22.4 Å². The number of aryl methyl sites for hydroxylation is 1. The third-order valence-corrected chi connectivity index (χ3v) is 4.38. The first kappa shape index (κ1) is 19.9. The first-order valence-corrected chi connectivity index (χ1v) is 9.54. The molecule has 0 fully saturated rings. The van der Waals surface area contributed by atoms with Gasteiger partial charge in [-0.15, -0.1) is 10.2 Å². The molecule has 0 aliphatic heterocycles. The van der Waals surface area contributed by atoms with E-state index in [1.807, 2.05) is 25.1 Å². The molecule has 0 atom stereocenters. The summed E-state index contributed by atoms with van der Waals surface area (Å²) in [7, 11) is 1.61. The molecule has 6 nitrogen and oxygen atoms in total. The highest BCUT2D eigenvalue weighted by atomic mass is 32.1. The van der Waals surface area contributed by atoms with Gasteiger partial charge in [0, 0.05) is 6.08 Å². The number of benzene rings is 1. The van der Waals surface area contributed by atoms with Crippen LogP contribution in [0.4, 0.5) is 5.13 Å². The molecule has 0 unspecified atom stereocenters. The van der Waals surface area contributed by atoms with Crippen molar-refractivity contribution in [3.63, 3.8) is 0 Å². The van der Waals surface area contributed by atoms with Gasteiger partial charge in [0.05, 0.1) is 13.7 Å². The fraction of sp³-hybridized carbons (Fsp3) is 0.421. The highest BCUT2D eigenvalue weighted by molar-refractivity contribution is 7.15. The van der Waals surface area contributed by atoms with Gasteiger partial charge in [0.15, 0.2) is 11.5 Å². The number of nitrogens with one attached hydrogen (secondary N) is 1. The molecule has 0 aliphatic carbocycles. The van der Waals surface area contributed by atoms with Crippen LogP contribution in [-0.4, -0.2) is 29.8 Å². The van der Waals surface area contributed by atoms with Gasteiger partial charge in [0.2, 0.25) is 11.0 Å². The Labute approximate surface area is 158 Å². The van der Waals surface area contributed by atoms with Crippen LogP contribution in [0.15, 0.2) is 24.3 Å². The van der Waals surface area contributed by atoms with Gasteiger partial charge in [-0.1, -0.05) is 43.6 Å². The summed E-state index contributed by atoms with van der Waals surface area (Å²) < 4.78 is 11.2. The van der Waals surface area contributed by atoms with Gasteiger partial charge < -0.3 is 9.47 Å². The van der Waals surface area contributed by atoms with Crippen LogP contribution >= 0.6 is 11.3 Å². The Kier molecular flexibility index (Phi) is 8.08. The molecule has 7 heteroatoms. The molecule has 2 aromatic rings. The third kappa shape index (κ3) is 6.48. The van der Waals surface area contributed by atoms with Gasteiger partial charge in [-0.05, 0) is 37.1 Å². The van der Waals surface area contributed by atoms with E-state index < -0.39 is 0 Å². The molecule has 140 valence electrons. The summed E-state index contributed by atoms with van der Waals surface area (Å²) in [5.41, 5.74) is 0.851. The number of ether oxygens (including phenoxy) is 2. The summed E-state index contributed by atoms with van der Waals surface area (Å²) in [6.45, 7) is 4.70. The molecule has 26 heavy (non-hydrogen) atoms. The number of aromatic nitrogens is 2. The highest BCUT2D eigenvalue weighted by Gasteiger charge is 2.06. The number of hydrogen-bond donors (Lipinski definition) is 1. The maximum Gasteiger partial charge on any atom is 0.250 e. The van der Waals surface area contributed by atoms with Crippen molar-refractivity contribution in [3.05, 3.63) is 34.8 Å². The van der Waals surface area contributed by atoms with E-state index in [0.717, 1.165) is 22.7 Å². The lowest BCUT2D eigenvalue weighted by molar-refractivity contribution is -0.111. The minimum Gasteiger partial charge on any atom is -0.493 e. The van der Waals surface area contributed by atoms with Crippen LogP contribution in [0.1, 0.15) is 43.2 Å². The van der Waals surface area contributed by atoms with Crippen molar-refractivity contribution >= 4 is 28.5 Å². The van der Waals surface area contributed by atoms with Gasteiger partial charge in [-0.3, -0.25) is 10.1 Å². The number of carbonyl (C=O) groups is 1. The number of anilines is 1. The summed E-state index contributed by atoms with van der Waals surface area (Å²) in [5.74, 6) is 1.12. The largest absolute Gasteiger partial charge is 0.493 e. The number of rotatable bonds is 10. The van der Waals surface area contributed by atoms with Crippen molar-refractivity contribution in [3.8, 4) is 11.5 Å². The Bertz CT molecular complexity index is 743. The molecule has 1 heterocycles. The van der Waals surface area contributed by atoms with Gasteiger partial charge in [-0.2, -0.15) is 0 Å². The first-order chi connectivity index (χ1) is 12.6. The number of methoxy groups -OCH3 is 1. The van der Waals surface area contributed by atoms with Gasteiger partial charge in [0.25, 0.3) is 0 Å². The Morgan fingerprint density at radius 3 is 2.77 bits per heavy atom. The summed E-state index contributed by atoms with van der Waals surface area (Å²) >= 11 is 1.33. The molecule has 1 aromatic carbocycles. The smallest absolute Gasteiger partial charge is 0.250 e. The van der Waals surface area contributed by atoms with Crippen molar-refractivity contribution < 1.29 is 14.3 Å². The summed E-state index contributed by atoms with van der Waals surface area (Å²) in [5, 5.41) is 11.7. The average molecular weight is 375 g/mol. The number of nitrogens with zero attached hydrogens (tertiary/aromatic N) is 2. The van der Waals surface area contributed by atoms with Crippen LogP contribution in [0.3, 0.4) is 0 Å². The minimum absolute atomic E-state index is 0.253. The summed E-state index contributed by atoms with van der Waals surface area (Å²) in [4.78, 5) is 11.9. The predicted molar refractivity (Wildman–Crippen MR) is 105 cm³/mol. The summed E-state index contributed by atoms with van der Waals surface area (Å²) in [6.07, 6.45) is 7.81. The molecule has 1 aromatic heterocycles. The second kappa shape index (κ2) is 10.6. The lowest BCUT2D eigenvalue weighted by Gasteiger charge is -2.11. The monoisotopic (exact) mass is 375 g/mol. The third-order valence-electron chi connectivity index (χ3n) is 3.63. The zero-order valence-corrected chi connectivity index (χ0v) is 16.3. The van der Waals surface area contributed by atoms with E-state index >= 15 is 0 Å². The molecule has 0 saturated carbocycles. The maximum atomic E-state index is 11.9. The van der Waals surface area contributed by atoms with Crippen LogP contribution in [0.25, 0.3) is 6.08 Å². The summed E-state index contributed by atoms with van der Waals surface area (Å²) in [6, 6.07) is 5.60. The fourth-order valence-electron chi connectivity index (χ4n) is 2.28. The van der Waals surface area contributed by atoms with E-state index in [9.17, 15) is 4.79 Å². The average Bonchev–Trinajstić information content (AvgIpc) is 3.05. The first-order valence-electron chi connectivity index (χ1n) is 8.72. The number of carbonyl (C=O) groups excluding carboxylic acids is 1. The zero-order valence-electron chi connectivity index (χ0n) is 15.4. The minimum atomic E-state index is -0.253. The van der Waals surface area contributed by atoms with E-state index in [-0.39, 0.29) is 5.91 Å². The molecule has 0 bridgehead atoms. The topological polar surface area (TPSA) is 73.3 Å².